The lowest BCUT2D eigenvalue weighted by Gasteiger charge is -2.48. The number of carbonyl (C=O) groups is 7. The number of hydrogen-bond acceptors (Lipinski definition) is 8. The molecule has 53 heavy (non-hydrogen) atoms. The van der Waals surface area contributed by atoms with Gasteiger partial charge in [-0.1, -0.05) is 44.4 Å². The largest absolute Gasteiger partial charge is 0.461 e. The summed E-state index contributed by atoms with van der Waals surface area (Å²) in [5, 5.41) is 8.17. The number of nitrogens with one attached hydrogen (secondary N) is 3. The van der Waals surface area contributed by atoms with E-state index in [0.29, 0.717) is 63.4 Å². The first-order valence-electron chi connectivity index (χ1n) is 19.0. The number of cyclic esters (lactones) is 1. The van der Waals surface area contributed by atoms with E-state index in [4.69, 9.17) is 4.74 Å². The number of likely N-dealkylation sites (N-methyl/N-ethyl adjacent to an activating group) is 1. The maximum Gasteiger partial charge on any atom is 0.328 e. The Kier molecular flexibility index (Phi) is 13.0. The zero-order valence-corrected chi connectivity index (χ0v) is 30.9. The zero-order chi connectivity index (χ0) is 38.3. The van der Waals surface area contributed by atoms with Gasteiger partial charge in [0, 0.05) is 31.8 Å². The summed E-state index contributed by atoms with van der Waals surface area (Å²) in [6.45, 7) is 3.27. The summed E-state index contributed by atoms with van der Waals surface area (Å²) in [6.07, 6.45) is 9.01. The van der Waals surface area contributed by atoms with Crippen molar-refractivity contribution in [2.24, 2.45) is 11.8 Å². The number of halogens is 1. The second-order valence-corrected chi connectivity index (χ2v) is 14.8. The van der Waals surface area contributed by atoms with E-state index in [1.54, 1.807) is 26.1 Å². The van der Waals surface area contributed by atoms with Crippen LogP contribution in [0.4, 0.5) is 4.39 Å². The predicted molar refractivity (Wildman–Crippen MR) is 191 cm³/mol. The van der Waals surface area contributed by atoms with Crippen molar-refractivity contribution in [3.05, 3.63) is 47.8 Å². The van der Waals surface area contributed by atoms with Gasteiger partial charge in [-0.25, -0.2) is 9.18 Å². The van der Waals surface area contributed by atoms with Gasteiger partial charge < -0.3 is 30.5 Å². The molecule has 14 heteroatoms. The minimum absolute atomic E-state index is 0.102. The molecule has 5 amide bonds. The van der Waals surface area contributed by atoms with Crippen molar-refractivity contribution in [1.82, 2.24) is 25.8 Å². The molecule has 1 unspecified atom stereocenters. The average molecular weight is 738 g/mol. The van der Waals surface area contributed by atoms with Gasteiger partial charge in [-0.05, 0) is 82.1 Å². The molecule has 1 aromatic rings. The topological polar surface area (TPSA) is 171 Å². The zero-order valence-electron chi connectivity index (χ0n) is 30.9. The molecule has 2 aliphatic heterocycles. The lowest BCUT2D eigenvalue weighted by molar-refractivity contribution is -0.160. The van der Waals surface area contributed by atoms with Crippen molar-refractivity contribution in [3.63, 3.8) is 0 Å². The van der Waals surface area contributed by atoms with Crippen LogP contribution >= 0.6 is 0 Å². The lowest BCUT2D eigenvalue weighted by atomic mass is 9.73. The highest BCUT2D eigenvalue weighted by Gasteiger charge is 2.53. The molecule has 3 N–H and O–H groups in total. The molecular weight excluding hydrogens is 685 g/mol. The Labute approximate surface area is 309 Å². The van der Waals surface area contributed by atoms with Crippen LogP contribution < -0.4 is 16.0 Å². The molecule has 0 radical (unpaired) electrons. The molecule has 1 spiro atoms. The van der Waals surface area contributed by atoms with E-state index < -0.39 is 89.3 Å². The Balaban J connectivity index is 1.45. The highest BCUT2D eigenvalue weighted by atomic mass is 19.1. The number of allylic oxidation sites excluding steroid dienone is 1. The normalized spacial score (nSPS) is 27.2. The van der Waals surface area contributed by atoms with Gasteiger partial charge in [-0.2, -0.15) is 0 Å². The number of fused-ring (bicyclic) bond motifs is 2. The number of hydrogen-bond donors (Lipinski definition) is 3. The summed E-state index contributed by atoms with van der Waals surface area (Å²) in [4.78, 5) is 99.2. The fourth-order valence-electron chi connectivity index (χ4n) is 8.03. The van der Waals surface area contributed by atoms with Gasteiger partial charge in [-0.3, -0.25) is 28.8 Å². The number of nitrogens with zero attached hydrogens (tertiary/aromatic N) is 2. The van der Waals surface area contributed by atoms with E-state index in [-0.39, 0.29) is 18.9 Å². The third kappa shape index (κ3) is 8.96. The molecule has 4 fully saturated rings. The first-order chi connectivity index (χ1) is 25.4. The predicted octanol–water partition coefficient (Wildman–Crippen LogP) is 2.50. The van der Waals surface area contributed by atoms with Gasteiger partial charge >= 0.3 is 5.97 Å². The molecule has 2 aliphatic carbocycles. The van der Waals surface area contributed by atoms with E-state index in [1.807, 2.05) is 6.92 Å². The van der Waals surface area contributed by atoms with Crippen molar-refractivity contribution in [2.75, 3.05) is 20.2 Å². The first-order valence-corrected chi connectivity index (χ1v) is 19.0. The Bertz CT molecular complexity index is 1610. The summed E-state index contributed by atoms with van der Waals surface area (Å²) in [7, 11) is 1.56. The van der Waals surface area contributed by atoms with E-state index in [2.05, 4.69) is 16.0 Å². The van der Waals surface area contributed by atoms with Gasteiger partial charge in [0.15, 0.2) is 5.78 Å². The molecule has 13 nitrogen and oxygen atoms in total. The van der Waals surface area contributed by atoms with Crippen LogP contribution in [0.5, 0.6) is 0 Å². The number of rotatable bonds is 9. The Hall–Kier alpha value is -4.62. The Morgan fingerprint density at radius 3 is 2.51 bits per heavy atom. The highest BCUT2D eigenvalue weighted by Crippen LogP contribution is 2.42. The van der Waals surface area contributed by atoms with Gasteiger partial charge in [0.1, 0.15) is 42.1 Å². The lowest BCUT2D eigenvalue weighted by Crippen LogP contribution is -2.66. The van der Waals surface area contributed by atoms with Crippen molar-refractivity contribution >= 4 is 41.3 Å². The summed E-state index contributed by atoms with van der Waals surface area (Å²) < 4.78 is 19.8. The molecule has 2 saturated carbocycles. The van der Waals surface area contributed by atoms with E-state index in [1.165, 1.54) is 34.1 Å². The van der Waals surface area contributed by atoms with Crippen LogP contribution in [0.15, 0.2) is 36.4 Å². The van der Waals surface area contributed by atoms with Crippen LogP contribution in [0.1, 0.15) is 90.0 Å². The van der Waals surface area contributed by atoms with Crippen molar-refractivity contribution in [1.29, 1.82) is 0 Å². The van der Waals surface area contributed by atoms with Crippen molar-refractivity contribution in [3.8, 4) is 0 Å². The van der Waals surface area contributed by atoms with Crippen LogP contribution in [0, 0.1) is 17.7 Å². The molecule has 4 aliphatic rings. The van der Waals surface area contributed by atoms with Crippen LogP contribution in [0.3, 0.4) is 0 Å². The van der Waals surface area contributed by atoms with E-state index >= 15 is 0 Å². The molecule has 1 aromatic carbocycles. The molecule has 288 valence electrons. The Morgan fingerprint density at radius 2 is 1.81 bits per heavy atom. The second-order valence-electron chi connectivity index (χ2n) is 14.8. The maximum atomic E-state index is 14.4. The number of amides is 5. The standard InChI is InChI=1S/C39H52FN5O8/c1-4-5-6-7-17-32(46)42-29(22-25-12-8-13-26(40)21-25)34(48)43-30-23-53-37(51)31-16-10-20-45(31)35(49)24(2)41-38(52)39(18-11-19-39)44(3)36(50)28-15-9-14-27(28)33(30)47/h7-8,12-13,17,21,24,27-31H,4-6,9-11,14-16,18-20,22-23H2,1-3H3,(H,41,52)(H,42,46)(H,43,48)/t24-,27?,28+,29-,30-,31-/m0/s1. The first kappa shape index (κ1) is 39.6. The maximum absolute atomic E-state index is 14.4. The average Bonchev–Trinajstić information content (AvgIpc) is 3.80. The number of carbonyl (C=O) groups excluding carboxylic acids is 7. The number of benzene rings is 1. The summed E-state index contributed by atoms with van der Waals surface area (Å²) >= 11 is 0. The van der Waals surface area contributed by atoms with Gasteiger partial charge in [0.05, 0.1) is 0 Å². The number of Topliss-reactive ketones (excluding diaryl/α,β-unsaturated/α-hetero) is 1. The number of ketones is 1. The van der Waals surface area contributed by atoms with Crippen molar-refractivity contribution in [2.45, 2.75) is 121 Å². The van der Waals surface area contributed by atoms with Gasteiger partial charge in [0.2, 0.25) is 29.5 Å². The molecule has 0 aromatic heterocycles. The minimum Gasteiger partial charge on any atom is -0.461 e. The third-order valence-electron chi connectivity index (χ3n) is 11.3. The monoisotopic (exact) mass is 737 g/mol. The van der Waals surface area contributed by atoms with Crippen LogP contribution in [-0.4, -0.2) is 101 Å². The van der Waals surface area contributed by atoms with E-state index in [9.17, 15) is 38.0 Å². The number of unbranched alkanes of at least 4 members (excludes halogenated alkanes) is 2. The summed E-state index contributed by atoms with van der Waals surface area (Å²) in [6, 6.07) is 1.04. The second kappa shape index (κ2) is 17.5. The molecule has 6 atom stereocenters. The van der Waals surface area contributed by atoms with Crippen molar-refractivity contribution < 1.29 is 42.7 Å². The summed E-state index contributed by atoms with van der Waals surface area (Å²) in [5.41, 5.74) is -0.752. The fraction of sp³-hybridized carbons (Fsp3) is 0.615. The highest BCUT2D eigenvalue weighted by molar-refractivity contribution is 6.00. The minimum atomic E-state index is -1.40. The summed E-state index contributed by atoms with van der Waals surface area (Å²) in [5.74, 6) is -6.05. The number of esters is 1. The molecular formula is C39H52FN5O8. The molecule has 2 saturated heterocycles. The van der Waals surface area contributed by atoms with Crippen LogP contribution in [0.2, 0.25) is 0 Å². The SMILES string of the molecule is CCCCC=CC(=O)N[C@@H](Cc1cccc(F)c1)C(=O)N[C@H]1COC(=O)[C@@H]2CCCN2C(=O)[C@H](C)NC(=O)C2(CCC2)N(C)C(=O)[C@@H]2CCCC2C1=O. The van der Waals surface area contributed by atoms with Gasteiger partial charge in [0.25, 0.3) is 0 Å². The molecule has 5 rings (SSSR count). The fourth-order valence-corrected chi connectivity index (χ4v) is 8.03. The van der Waals surface area contributed by atoms with E-state index in [0.717, 1.165) is 12.8 Å². The molecule has 2 heterocycles. The molecule has 0 bridgehead atoms. The van der Waals surface area contributed by atoms with Gasteiger partial charge in [-0.15, -0.1) is 0 Å². The smallest absolute Gasteiger partial charge is 0.328 e. The van der Waals surface area contributed by atoms with Crippen LogP contribution in [-0.2, 0) is 44.7 Å². The Morgan fingerprint density at radius 1 is 1.06 bits per heavy atom. The quantitative estimate of drug-likeness (QED) is 0.197. The third-order valence-corrected chi connectivity index (χ3v) is 11.3. The van der Waals surface area contributed by atoms with Crippen LogP contribution in [0.25, 0.3) is 0 Å². The number of ether oxygens (including phenoxy) is 1.